The number of carbonyl (C=O) groups is 4. The highest BCUT2D eigenvalue weighted by Crippen LogP contribution is 2.23. The van der Waals surface area contributed by atoms with E-state index in [-0.39, 0.29) is 36.3 Å². The zero-order chi connectivity index (χ0) is 21.0. The van der Waals surface area contributed by atoms with E-state index in [9.17, 15) is 19.2 Å². The maximum atomic E-state index is 12.3. The minimum absolute atomic E-state index is 0.144. The summed E-state index contributed by atoms with van der Waals surface area (Å²) in [4.78, 5) is 49.1. The van der Waals surface area contributed by atoms with Gasteiger partial charge in [-0.15, -0.1) is 0 Å². The van der Waals surface area contributed by atoms with Crippen molar-refractivity contribution >= 4 is 41.0 Å². The van der Waals surface area contributed by atoms with Gasteiger partial charge in [-0.3, -0.25) is 19.3 Å². The van der Waals surface area contributed by atoms with Gasteiger partial charge >= 0.3 is 5.97 Å². The lowest BCUT2D eigenvalue weighted by Gasteiger charge is -2.15. The number of nitrogens with one attached hydrogen (secondary N) is 1. The van der Waals surface area contributed by atoms with Crippen molar-refractivity contribution in [3.05, 3.63) is 64.7 Å². The SMILES string of the molecule is C[C@@H](NC(=O)COC(=O)c1cccc(N2C(=O)CCC2=O)c1)c1cccc(Cl)c1. The largest absolute Gasteiger partial charge is 0.452 e. The summed E-state index contributed by atoms with van der Waals surface area (Å²) in [5.41, 5.74) is 1.28. The molecule has 1 saturated heterocycles. The Kier molecular flexibility index (Phi) is 6.29. The Hall–Kier alpha value is -3.19. The smallest absolute Gasteiger partial charge is 0.338 e. The molecule has 0 unspecified atom stereocenters. The van der Waals surface area contributed by atoms with Crippen LogP contribution in [-0.2, 0) is 19.1 Å². The zero-order valence-electron chi connectivity index (χ0n) is 15.7. The third-order valence-electron chi connectivity index (χ3n) is 4.45. The van der Waals surface area contributed by atoms with Gasteiger partial charge in [0.05, 0.1) is 17.3 Å². The summed E-state index contributed by atoms with van der Waals surface area (Å²) in [7, 11) is 0. The number of hydrogen-bond acceptors (Lipinski definition) is 5. The predicted molar refractivity (Wildman–Crippen MR) is 106 cm³/mol. The fraction of sp³-hybridized carbons (Fsp3) is 0.238. The monoisotopic (exact) mass is 414 g/mol. The molecule has 2 aromatic carbocycles. The second-order valence-corrected chi connectivity index (χ2v) is 7.03. The molecule has 8 heteroatoms. The quantitative estimate of drug-likeness (QED) is 0.579. The maximum absolute atomic E-state index is 12.3. The van der Waals surface area contributed by atoms with Crippen molar-refractivity contribution in [2.24, 2.45) is 0 Å². The summed E-state index contributed by atoms with van der Waals surface area (Å²) in [6, 6.07) is 12.8. The van der Waals surface area contributed by atoms with E-state index in [4.69, 9.17) is 16.3 Å². The highest BCUT2D eigenvalue weighted by Gasteiger charge is 2.30. The lowest BCUT2D eigenvalue weighted by atomic mass is 10.1. The fourth-order valence-corrected chi connectivity index (χ4v) is 3.19. The maximum Gasteiger partial charge on any atom is 0.338 e. The van der Waals surface area contributed by atoms with Gasteiger partial charge in [-0.05, 0) is 42.8 Å². The van der Waals surface area contributed by atoms with E-state index in [1.807, 2.05) is 6.07 Å². The Labute approximate surface area is 172 Å². The van der Waals surface area contributed by atoms with Crippen LogP contribution in [0.5, 0.6) is 0 Å². The van der Waals surface area contributed by atoms with Gasteiger partial charge in [0.2, 0.25) is 11.8 Å². The van der Waals surface area contributed by atoms with Crippen LogP contribution >= 0.6 is 11.6 Å². The molecule has 3 rings (SSSR count). The second kappa shape index (κ2) is 8.87. The molecule has 3 amide bonds. The number of imide groups is 1. The molecule has 1 N–H and O–H groups in total. The molecule has 2 aromatic rings. The summed E-state index contributed by atoms with van der Waals surface area (Å²) in [5, 5.41) is 3.29. The van der Waals surface area contributed by atoms with Gasteiger partial charge in [0.25, 0.3) is 5.91 Å². The molecular weight excluding hydrogens is 396 g/mol. The normalized spacial score (nSPS) is 14.6. The van der Waals surface area contributed by atoms with Crippen molar-refractivity contribution in [2.45, 2.75) is 25.8 Å². The number of benzene rings is 2. The van der Waals surface area contributed by atoms with Crippen LogP contribution in [0.1, 0.15) is 41.7 Å². The molecule has 1 fully saturated rings. The summed E-state index contributed by atoms with van der Waals surface area (Å²) in [6.45, 7) is 1.33. The molecule has 7 nitrogen and oxygen atoms in total. The van der Waals surface area contributed by atoms with E-state index >= 15 is 0 Å². The Morgan fingerprint density at radius 2 is 1.79 bits per heavy atom. The third-order valence-corrected chi connectivity index (χ3v) is 4.69. The van der Waals surface area contributed by atoms with Crippen LogP contribution in [0.15, 0.2) is 48.5 Å². The van der Waals surface area contributed by atoms with Crippen LogP contribution < -0.4 is 10.2 Å². The third kappa shape index (κ3) is 5.00. The standard InChI is InChI=1S/C21H19ClN2O5/c1-13(14-4-2-6-16(22)10-14)23-18(25)12-29-21(28)15-5-3-7-17(11-15)24-19(26)8-9-20(24)27/h2-7,10-11,13H,8-9,12H2,1H3,(H,23,25)/t13-/m1/s1. The Morgan fingerprint density at radius 3 is 2.48 bits per heavy atom. The molecule has 29 heavy (non-hydrogen) atoms. The molecule has 1 atom stereocenters. The van der Waals surface area contributed by atoms with E-state index < -0.39 is 18.5 Å². The van der Waals surface area contributed by atoms with E-state index in [0.29, 0.717) is 10.7 Å². The molecule has 150 valence electrons. The van der Waals surface area contributed by atoms with Gasteiger partial charge in [0.15, 0.2) is 6.61 Å². The summed E-state index contributed by atoms with van der Waals surface area (Å²) < 4.78 is 5.06. The van der Waals surface area contributed by atoms with Crippen molar-refractivity contribution in [2.75, 3.05) is 11.5 Å². The van der Waals surface area contributed by atoms with Gasteiger partial charge in [0, 0.05) is 17.9 Å². The fourth-order valence-electron chi connectivity index (χ4n) is 2.99. The minimum atomic E-state index is -0.725. The first-order valence-electron chi connectivity index (χ1n) is 9.03. The summed E-state index contributed by atoms with van der Waals surface area (Å²) in [5.74, 6) is -1.81. The van der Waals surface area contributed by atoms with Crippen LogP contribution in [0.3, 0.4) is 0 Å². The van der Waals surface area contributed by atoms with E-state index in [2.05, 4.69) is 5.32 Å². The molecule has 1 heterocycles. The first kappa shape index (κ1) is 20.5. The van der Waals surface area contributed by atoms with Crippen LogP contribution in [0, 0.1) is 0 Å². The number of anilines is 1. The van der Waals surface area contributed by atoms with Crippen molar-refractivity contribution in [3.63, 3.8) is 0 Å². The Morgan fingerprint density at radius 1 is 1.10 bits per heavy atom. The zero-order valence-corrected chi connectivity index (χ0v) is 16.4. The molecule has 0 radical (unpaired) electrons. The minimum Gasteiger partial charge on any atom is -0.452 e. The van der Waals surface area contributed by atoms with Crippen LogP contribution in [0.25, 0.3) is 0 Å². The summed E-state index contributed by atoms with van der Waals surface area (Å²) >= 11 is 5.95. The highest BCUT2D eigenvalue weighted by atomic mass is 35.5. The number of carbonyl (C=O) groups excluding carboxylic acids is 4. The number of amides is 3. The first-order valence-corrected chi connectivity index (χ1v) is 9.41. The molecule has 0 spiro atoms. The number of hydrogen-bond donors (Lipinski definition) is 1. The van der Waals surface area contributed by atoms with E-state index in [1.165, 1.54) is 12.1 Å². The lowest BCUT2D eigenvalue weighted by molar-refractivity contribution is -0.125. The molecule has 0 saturated carbocycles. The number of rotatable bonds is 6. The molecular formula is C21H19ClN2O5. The molecule has 0 aromatic heterocycles. The van der Waals surface area contributed by atoms with E-state index in [0.717, 1.165) is 10.5 Å². The Bertz CT molecular complexity index is 959. The van der Waals surface area contributed by atoms with Gasteiger partial charge in [0.1, 0.15) is 0 Å². The summed E-state index contributed by atoms with van der Waals surface area (Å²) in [6.07, 6.45) is 0.303. The second-order valence-electron chi connectivity index (χ2n) is 6.59. The van der Waals surface area contributed by atoms with E-state index in [1.54, 1.807) is 37.3 Å². The van der Waals surface area contributed by atoms with Gasteiger partial charge in [-0.25, -0.2) is 4.79 Å². The van der Waals surface area contributed by atoms with Crippen LogP contribution in [-0.4, -0.2) is 30.3 Å². The van der Waals surface area contributed by atoms with Gasteiger partial charge < -0.3 is 10.1 Å². The predicted octanol–water partition coefficient (Wildman–Crippen LogP) is 3.03. The average Bonchev–Trinajstić information content (AvgIpc) is 3.04. The topological polar surface area (TPSA) is 92.8 Å². The molecule has 1 aliphatic rings. The highest BCUT2D eigenvalue weighted by molar-refractivity contribution is 6.30. The lowest BCUT2D eigenvalue weighted by Crippen LogP contribution is -2.31. The number of esters is 1. The molecule has 0 bridgehead atoms. The number of nitrogens with zero attached hydrogens (tertiary/aromatic N) is 1. The number of halogens is 1. The molecule has 0 aliphatic carbocycles. The van der Waals surface area contributed by atoms with Crippen molar-refractivity contribution in [1.82, 2.24) is 5.32 Å². The van der Waals surface area contributed by atoms with Crippen molar-refractivity contribution in [3.8, 4) is 0 Å². The average molecular weight is 415 g/mol. The first-order chi connectivity index (χ1) is 13.8. The van der Waals surface area contributed by atoms with Crippen molar-refractivity contribution < 1.29 is 23.9 Å². The molecule has 1 aliphatic heterocycles. The van der Waals surface area contributed by atoms with Crippen molar-refractivity contribution in [1.29, 1.82) is 0 Å². The Balaban J connectivity index is 1.58. The van der Waals surface area contributed by atoms with Crippen LogP contribution in [0.2, 0.25) is 5.02 Å². The van der Waals surface area contributed by atoms with Gasteiger partial charge in [-0.1, -0.05) is 29.8 Å². The van der Waals surface area contributed by atoms with Gasteiger partial charge in [-0.2, -0.15) is 0 Å². The van der Waals surface area contributed by atoms with Crippen LogP contribution in [0.4, 0.5) is 5.69 Å². The number of ether oxygens (including phenoxy) is 1.